The van der Waals surface area contributed by atoms with Crippen molar-refractivity contribution in [1.82, 2.24) is 0 Å². The van der Waals surface area contributed by atoms with E-state index in [1.165, 1.54) is 11.3 Å². The van der Waals surface area contributed by atoms with Crippen molar-refractivity contribution in [2.24, 2.45) is 0 Å². The minimum absolute atomic E-state index is 0.00332. The van der Waals surface area contributed by atoms with Crippen LogP contribution in [0.4, 0.5) is 0 Å². The van der Waals surface area contributed by atoms with Gasteiger partial charge in [0.15, 0.2) is 17.3 Å². The van der Waals surface area contributed by atoms with Crippen LogP contribution in [0.15, 0.2) is 48.5 Å². The summed E-state index contributed by atoms with van der Waals surface area (Å²) in [4.78, 5) is 23.3. The SMILES string of the molecule is COc1cc2sc(C(=O)CCC(=O)O)cc2cc1OCc1ccccc1. The molecule has 1 aromatic heterocycles. The van der Waals surface area contributed by atoms with Gasteiger partial charge in [-0.25, -0.2) is 0 Å². The van der Waals surface area contributed by atoms with Gasteiger partial charge in [-0.1, -0.05) is 30.3 Å². The van der Waals surface area contributed by atoms with Crippen LogP contribution in [-0.2, 0) is 11.4 Å². The lowest BCUT2D eigenvalue weighted by Gasteiger charge is -2.11. The van der Waals surface area contributed by atoms with Crippen molar-refractivity contribution < 1.29 is 24.2 Å². The molecular formula is C20H18O5S. The quantitative estimate of drug-likeness (QED) is 0.590. The van der Waals surface area contributed by atoms with Gasteiger partial charge in [0.2, 0.25) is 0 Å². The Morgan fingerprint density at radius 2 is 1.81 bits per heavy atom. The van der Waals surface area contributed by atoms with Gasteiger partial charge in [0.25, 0.3) is 0 Å². The van der Waals surface area contributed by atoms with Crippen molar-refractivity contribution in [3.8, 4) is 11.5 Å². The average molecular weight is 370 g/mol. The number of methoxy groups -OCH3 is 1. The molecule has 0 radical (unpaired) electrons. The summed E-state index contributed by atoms with van der Waals surface area (Å²) in [7, 11) is 1.57. The first kappa shape index (κ1) is 17.9. The molecule has 0 amide bonds. The van der Waals surface area contributed by atoms with Crippen LogP contribution in [-0.4, -0.2) is 24.0 Å². The summed E-state index contributed by atoms with van der Waals surface area (Å²) in [6, 6.07) is 15.3. The molecule has 6 heteroatoms. The van der Waals surface area contributed by atoms with Crippen molar-refractivity contribution in [1.29, 1.82) is 0 Å². The maximum Gasteiger partial charge on any atom is 0.303 e. The minimum Gasteiger partial charge on any atom is -0.493 e. The third-order valence-corrected chi connectivity index (χ3v) is 5.02. The number of carboxylic acid groups (broad SMARTS) is 1. The van der Waals surface area contributed by atoms with Crippen molar-refractivity contribution in [3.63, 3.8) is 0 Å². The predicted molar refractivity (Wildman–Crippen MR) is 100 cm³/mol. The molecule has 0 aliphatic rings. The van der Waals surface area contributed by atoms with Gasteiger partial charge in [-0.2, -0.15) is 0 Å². The van der Waals surface area contributed by atoms with E-state index in [1.54, 1.807) is 13.2 Å². The zero-order chi connectivity index (χ0) is 18.5. The van der Waals surface area contributed by atoms with Crippen LogP contribution in [0.5, 0.6) is 11.5 Å². The Balaban J connectivity index is 1.83. The molecule has 0 unspecified atom stereocenters. The monoisotopic (exact) mass is 370 g/mol. The highest BCUT2D eigenvalue weighted by atomic mass is 32.1. The van der Waals surface area contributed by atoms with E-state index in [0.717, 1.165) is 15.6 Å². The Kier molecular flexibility index (Phi) is 5.53. The van der Waals surface area contributed by atoms with Crippen LogP contribution < -0.4 is 9.47 Å². The minimum atomic E-state index is -0.974. The summed E-state index contributed by atoms with van der Waals surface area (Å²) in [5.74, 6) is 0.0584. The molecule has 0 saturated carbocycles. The number of thiophene rings is 1. The number of hydrogen-bond acceptors (Lipinski definition) is 5. The predicted octanol–water partition coefficient (Wildman–Crippen LogP) is 4.54. The van der Waals surface area contributed by atoms with E-state index in [2.05, 4.69) is 0 Å². The maximum atomic E-state index is 12.2. The molecule has 1 heterocycles. The Morgan fingerprint density at radius 1 is 1.04 bits per heavy atom. The summed E-state index contributed by atoms with van der Waals surface area (Å²) in [6.07, 6.45) is -0.168. The highest BCUT2D eigenvalue weighted by molar-refractivity contribution is 7.20. The molecule has 2 aromatic carbocycles. The second-order valence-corrected chi connectivity index (χ2v) is 6.83. The van der Waals surface area contributed by atoms with E-state index in [9.17, 15) is 9.59 Å². The number of Topliss-reactive ketones (excluding diaryl/α,β-unsaturated/α-hetero) is 1. The third-order valence-electron chi connectivity index (χ3n) is 3.88. The van der Waals surface area contributed by atoms with Gasteiger partial charge in [0.1, 0.15) is 6.61 Å². The molecule has 26 heavy (non-hydrogen) atoms. The van der Waals surface area contributed by atoms with Gasteiger partial charge < -0.3 is 14.6 Å². The van der Waals surface area contributed by atoms with E-state index in [0.29, 0.717) is 23.0 Å². The number of ketones is 1. The molecule has 0 saturated heterocycles. The summed E-state index contributed by atoms with van der Waals surface area (Å²) in [5.41, 5.74) is 1.05. The summed E-state index contributed by atoms with van der Waals surface area (Å²) >= 11 is 1.33. The molecular weight excluding hydrogens is 352 g/mol. The molecule has 0 bridgehead atoms. The normalized spacial score (nSPS) is 10.7. The summed E-state index contributed by atoms with van der Waals surface area (Å²) in [6.45, 7) is 0.414. The molecule has 0 fully saturated rings. The van der Waals surface area contributed by atoms with Gasteiger partial charge in [-0.3, -0.25) is 9.59 Å². The largest absolute Gasteiger partial charge is 0.493 e. The molecule has 3 rings (SSSR count). The first-order valence-electron chi connectivity index (χ1n) is 8.10. The number of ether oxygens (including phenoxy) is 2. The first-order valence-corrected chi connectivity index (χ1v) is 8.92. The molecule has 5 nitrogen and oxygen atoms in total. The molecule has 134 valence electrons. The number of benzene rings is 2. The molecule has 0 aliphatic carbocycles. The average Bonchev–Trinajstić information content (AvgIpc) is 3.07. The number of fused-ring (bicyclic) bond motifs is 1. The van der Waals surface area contributed by atoms with E-state index >= 15 is 0 Å². The second kappa shape index (κ2) is 8.01. The molecule has 0 aliphatic heterocycles. The van der Waals surface area contributed by atoms with Crippen LogP contribution in [0, 0.1) is 0 Å². The van der Waals surface area contributed by atoms with Crippen LogP contribution in [0.2, 0.25) is 0 Å². The van der Waals surface area contributed by atoms with Crippen LogP contribution >= 0.6 is 11.3 Å². The number of carboxylic acids is 1. The zero-order valence-electron chi connectivity index (χ0n) is 14.2. The Morgan fingerprint density at radius 3 is 2.50 bits per heavy atom. The number of carbonyl (C=O) groups excluding carboxylic acids is 1. The fraction of sp³-hybridized carbons (Fsp3) is 0.200. The zero-order valence-corrected chi connectivity index (χ0v) is 15.0. The Labute approximate surface area is 154 Å². The number of rotatable bonds is 8. The highest BCUT2D eigenvalue weighted by Crippen LogP contribution is 2.37. The summed E-state index contributed by atoms with van der Waals surface area (Å²) < 4.78 is 12.2. The fourth-order valence-corrected chi connectivity index (χ4v) is 3.58. The Hall–Kier alpha value is -2.86. The smallest absolute Gasteiger partial charge is 0.303 e. The van der Waals surface area contributed by atoms with E-state index in [4.69, 9.17) is 14.6 Å². The van der Waals surface area contributed by atoms with Crippen LogP contribution in [0.1, 0.15) is 28.1 Å². The topological polar surface area (TPSA) is 72.8 Å². The summed E-state index contributed by atoms with van der Waals surface area (Å²) in [5, 5.41) is 9.60. The van der Waals surface area contributed by atoms with E-state index in [1.807, 2.05) is 42.5 Å². The van der Waals surface area contributed by atoms with Gasteiger partial charge in [-0.15, -0.1) is 11.3 Å². The van der Waals surface area contributed by atoms with Crippen molar-refractivity contribution in [3.05, 3.63) is 59.0 Å². The van der Waals surface area contributed by atoms with Crippen LogP contribution in [0.3, 0.4) is 0 Å². The van der Waals surface area contributed by atoms with E-state index < -0.39 is 5.97 Å². The lowest BCUT2D eigenvalue weighted by atomic mass is 10.1. The maximum absolute atomic E-state index is 12.2. The third kappa shape index (κ3) is 4.21. The van der Waals surface area contributed by atoms with Crippen molar-refractivity contribution >= 4 is 33.2 Å². The lowest BCUT2D eigenvalue weighted by molar-refractivity contribution is -0.136. The highest BCUT2D eigenvalue weighted by Gasteiger charge is 2.15. The van der Waals surface area contributed by atoms with Gasteiger partial charge in [0.05, 0.1) is 18.4 Å². The van der Waals surface area contributed by atoms with Crippen molar-refractivity contribution in [2.45, 2.75) is 19.4 Å². The number of hydrogen-bond donors (Lipinski definition) is 1. The number of carbonyl (C=O) groups is 2. The van der Waals surface area contributed by atoms with Gasteiger partial charge in [-0.05, 0) is 23.1 Å². The van der Waals surface area contributed by atoms with Crippen LogP contribution in [0.25, 0.3) is 10.1 Å². The standard InChI is InChI=1S/C20H18O5S/c1-24-16-11-18-14(10-19(26-18)15(21)7-8-20(22)23)9-17(16)25-12-13-5-3-2-4-6-13/h2-6,9-11H,7-8,12H2,1H3,(H,22,23). The first-order chi connectivity index (χ1) is 12.6. The molecule has 0 atom stereocenters. The fourth-order valence-electron chi connectivity index (χ4n) is 2.54. The van der Waals surface area contributed by atoms with Gasteiger partial charge in [0, 0.05) is 17.2 Å². The molecule has 0 spiro atoms. The van der Waals surface area contributed by atoms with Gasteiger partial charge >= 0.3 is 5.97 Å². The molecule has 3 aromatic rings. The lowest BCUT2D eigenvalue weighted by Crippen LogP contribution is -2.01. The van der Waals surface area contributed by atoms with Crippen molar-refractivity contribution in [2.75, 3.05) is 7.11 Å². The molecule has 1 N–H and O–H groups in total. The van der Waals surface area contributed by atoms with E-state index in [-0.39, 0.29) is 18.6 Å². The second-order valence-electron chi connectivity index (χ2n) is 5.74. The number of aliphatic carboxylic acids is 1. The Bertz CT molecular complexity index is 930.